The Morgan fingerprint density at radius 2 is 2.43 bits per heavy atom. The van der Waals surface area contributed by atoms with Crippen LogP contribution in [0.2, 0.25) is 0 Å². The Kier molecular flexibility index (Phi) is 1.18. The van der Waals surface area contributed by atoms with E-state index in [0.29, 0.717) is 11.8 Å². The second-order valence-corrected chi connectivity index (χ2v) is 2.22. The van der Waals surface area contributed by atoms with Crippen molar-refractivity contribution in [3.63, 3.8) is 0 Å². The molecule has 0 N–H and O–H groups in total. The summed E-state index contributed by atoms with van der Waals surface area (Å²) in [6, 6.07) is 0. The minimum absolute atomic E-state index is 0.333. The zero-order valence-corrected chi connectivity index (χ0v) is 4.59. The van der Waals surface area contributed by atoms with E-state index in [9.17, 15) is 0 Å². The molecule has 0 saturated heterocycles. The van der Waals surface area contributed by atoms with E-state index in [1.54, 1.807) is 0 Å². The summed E-state index contributed by atoms with van der Waals surface area (Å²) < 4.78 is 0. The minimum atomic E-state index is 0.333. The molecule has 0 aromatic carbocycles. The Labute approximate surface area is 45.2 Å². The fourth-order valence-corrected chi connectivity index (χ4v) is 0.797. The molecule has 0 nitrogen and oxygen atoms in total. The topological polar surface area (TPSA) is 0 Å². The van der Waals surface area contributed by atoms with Crippen LogP contribution in [0.5, 0.6) is 0 Å². The number of rotatable bonds is 0. The third kappa shape index (κ3) is 0.846. The van der Waals surface area contributed by atoms with Gasteiger partial charge in [-0.15, -0.1) is 0 Å². The first-order valence-electron chi connectivity index (χ1n) is 2.73. The fourth-order valence-electron chi connectivity index (χ4n) is 0.797. The zero-order chi connectivity index (χ0) is 5.28. The van der Waals surface area contributed by atoms with Gasteiger partial charge in [0, 0.05) is 0 Å². The van der Waals surface area contributed by atoms with Crippen LogP contribution in [0.15, 0.2) is 12.2 Å². The Balaban J connectivity index is 2.45. The molecule has 1 rings (SSSR count). The van der Waals surface area contributed by atoms with Gasteiger partial charge in [-0.3, -0.25) is 0 Å². The number of hydrogen-bond acceptors (Lipinski definition) is 0. The standard InChI is InChI=1S/C7H10/c1-6-4-3-5-7(6)2/h1,3-4,6-7H,5H2,2H3. The third-order valence-electron chi connectivity index (χ3n) is 1.52. The Morgan fingerprint density at radius 3 is 2.57 bits per heavy atom. The van der Waals surface area contributed by atoms with E-state index < -0.39 is 0 Å². The lowest BCUT2D eigenvalue weighted by Gasteiger charge is -2.04. The molecule has 0 fully saturated rings. The average Bonchev–Trinajstić information content (AvgIpc) is 1.91. The second-order valence-electron chi connectivity index (χ2n) is 2.22. The maximum absolute atomic E-state index is 5.59. The molecule has 0 heteroatoms. The van der Waals surface area contributed by atoms with E-state index in [0.717, 1.165) is 0 Å². The lowest BCUT2D eigenvalue weighted by Crippen LogP contribution is -1.96. The van der Waals surface area contributed by atoms with E-state index in [2.05, 4.69) is 19.1 Å². The summed E-state index contributed by atoms with van der Waals surface area (Å²) in [6.07, 6.45) is 5.39. The van der Waals surface area contributed by atoms with Crippen molar-refractivity contribution in [1.29, 1.82) is 0 Å². The van der Waals surface area contributed by atoms with E-state index in [4.69, 9.17) is 6.92 Å². The van der Waals surface area contributed by atoms with Crippen LogP contribution in [0.1, 0.15) is 13.3 Å². The zero-order valence-electron chi connectivity index (χ0n) is 4.59. The van der Waals surface area contributed by atoms with Crippen LogP contribution < -0.4 is 0 Å². The molecule has 0 aromatic rings. The maximum atomic E-state index is 5.59. The van der Waals surface area contributed by atoms with Gasteiger partial charge in [0.2, 0.25) is 0 Å². The van der Waals surface area contributed by atoms with Crippen LogP contribution in [0.4, 0.5) is 0 Å². The first kappa shape index (κ1) is 4.89. The van der Waals surface area contributed by atoms with Crippen molar-refractivity contribution in [3.8, 4) is 0 Å². The highest BCUT2D eigenvalue weighted by Gasteiger charge is 2.11. The van der Waals surface area contributed by atoms with Crippen molar-refractivity contribution < 1.29 is 0 Å². The SMILES string of the molecule is [CH]C1C=CCC1C. The first-order valence-corrected chi connectivity index (χ1v) is 2.73. The Hall–Kier alpha value is -0.260. The molecule has 0 amide bonds. The predicted octanol–water partition coefficient (Wildman–Crippen LogP) is 1.91. The van der Waals surface area contributed by atoms with Gasteiger partial charge in [-0.05, 0) is 25.2 Å². The van der Waals surface area contributed by atoms with Crippen molar-refractivity contribution in [3.05, 3.63) is 19.1 Å². The van der Waals surface area contributed by atoms with Gasteiger partial charge >= 0.3 is 0 Å². The van der Waals surface area contributed by atoms with Crippen LogP contribution >= 0.6 is 0 Å². The van der Waals surface area contributed by atoms with Crippen molar-refractivity contribution >= 4 is 0 Å². The third-order valence-corrected chi connectivity index (χ3v) is 1.52. The quantitative estimate of drug-likeness (QED) is 0.402. The highest BCUT2D eigenvalue weighted by Crippen LogP contribution is 2.22. The van der Waals surface area contributed by atoms with Gasteiger partial charge in [-0.1, -0.05) is 19.1 Å². The molecule has 2 atom stereocenters. The van der Waals surface area contributed by atoms with Crippen molar-refractivity contribution in [2.75, 3.05) is 0 Å². The summed E-state index contributed by atoms with van der Waals surface area (Å²) in [5.74, 6) is 1.01. The van der Waals surface area contributed by atoms with Crippen molar-refractivity contribution in [2.45, 2.75) is 13.3 Å². The van der Waals surface area contributed by atoms with Crippen LogP contribution in [0.25, 0.3) is 0 Å². The summed E-state index contributed by atoms with van der Waals surface area (Å²) in [5, 5.41) is 0. The van der Waals surface area contributed by atoms with E-state index in [1.807, 2.05) is 0 Å². The van der Waals surface area contributed by atoms with Gasteiger partial charge in [0.25, 0.3) is 0 Å². The van der Waals surface area contributed by atoms with Gasteiger partial charge in [-0.25, -0.2) is 0 Å². The molecule has 0 heterocycles. The normalized spacial score (nSPS) is 39.7. The van der Waals surface area contributed by atoms with E-state index >= 15 is 0 Å². The molecule has 0 bridgehead atoms. The second kappa shape index (κ2) is 1.69. The molecule has 2 unspecified atom stereocenters. The molecule has 0 aromatic heterocycles. The summed E-state index contributed by atoms with van der Waals surface area (Å²) in [7, 11) is 0. The van der Waals surface area contributed by atoms with Crippen molar-refractivity contribution in [2.24, 2.45) is 11.8 Å². The van der Waals surface area contributed by atoms with Gasteiger partial charge in [0.1, 0.15) is 0 Å². The summed E-state index contributed by atoms with van der Waals surface area (Å²) >= 11 is 0. The van der Waals surface area contributed by atoms with Gasteiger partial charge in [0.15, 0.2) is 0 Å². The molecule has 0 spiro atoms. The van der Waals surface area contributed by atoms with E-state index in [1.165, 1.54) is 6.42 Å². The summed E-state index contributed by atoms with van der Waals surface area (Å²) in [4.78, 5) is 0. The minimum Gasteiger partial charge on any atom is -0.0880 e. The summed E-state index contributed by atoms with van der Waals surface area (Å²) in [5.41, 5.74) is 0. The highest BCUT2D eigenvalue weighted by atomic mass is 14.2. The van der Waals surface area contributed by atoms with Gasteiger partial charge in [-0.2, -0.15) is 0 Å². The average molecular weight is 94.2 g/mol. The number of allylic oxidation sites excluding steroid dienone is 2. The molecule has 1 aliphatic rings. The van der Waals surface area contributed by atoms with Crippen LogP contribution in [-0.2, 0) is 0 Å². The Bertz CT molecular complexity index is 82.0. The molecular weight excluding hydrogens is 84.1 g/mol. The van der Waals surface area contributed by atoms with Crippen LogP contribution in [-0.4, -0.2) is 0 Å². The molecule has 38 valence electrons. The Morgan fingerprint density at radius 1 is 1.71 bits per heavy atom. The highest BCUT2D eigenvalue weighted by molar-refractivity contribution is 5.00. The lowest BCUT2D eigenvalue weighted by molar-refractivity contribution is 0.536. The lowest BCUT2D eigenvalue weighted by atomic mass is 10.0. The first-order chi connectivity index (χ1) is 3.30. The monoisotopic (exact) mass is 94.1 g/mol. The molecule has 0 aliphatic heterocycles. The largest absolute Gasteiger partial charge is 0.0880 e. The van der Waals surface area contributed by atoms with Crippen LogP contribution in [0.3, 0.4) is 0 Å². The fraction of sp³-hybridized carbons (Fsp3) is 0.571. The van der Waals surface area contributed by atoms with Gasteiger partial charge in [0.05, 0.1) is 0 Å². The van der Waals surface area contributed by atoms with Gasteiger partial charge < -0.3 is 0 Å². The molecule has 2 radical (unpaired) electrons. The van der Waals surface area contributed by atoms with E-state index in [-0.39, 0.29) is 0 Å². The molecule has 0 saturated carbocycles. The molecule has 1 aliphatic carbocycles. The number of hydrogen-bond donors (Lipinski definition) is 0. The molecular formula is C7H10. The van der Waals surface area contributed by atoms with Crippen molar-refractivity contribution in [1.82, 2.24) is 0 Å². The van der Waals surface area contributed by atoms with Crippen LogP contribution in [0, 0.1) is 18.8 Å². The smallest absolute Gasteiger partial charge is 0.0171 e. The molecule has 7 heavy (non-hydrogen) atoms. The predicted molar refractivity (Wildman–Crippen MR) is 30.7 cm³/mol. The summed E-state index contributed by atoms with van der Waals surface area (Å²) in [6.45, 7) is 7.76. The maximum Gasteiger partial charge on any atom is -0.0171 e.